The molecule has 1 aromatic carbocycles. The molecule has 1 aromatic rings. The van der Waals surface area contributed by atoms with Crippen molar-refractivity contribution in [3.05, 3.63) is 35.4 Å². The van der Waals surface area contributed by atoms with Gasteiger partial charge in [0.25, 0.3) is 0 Å². The standard InChI is InChI=1S/C34H58N4O2/c1-5-7-9-11-21-35(3)33(39)31-15-13-23-37(27-31)25-29-17-19-30(20-18-29)26-38-24-14-16-32(28-38)34(40)36(4)22-12-10-8-6-2/h17-20,31-32H,5-16,21-28H2,1-4H3. The van der Waals surface area contributed by atoms with Crippen molar-refractivity contribution >= 4 is 11.8 Å². The lowest BCUT2D eigenvalue weighted by molar-refractivity contribution is -0.136. The number of hydrogen-bond acceptors (Lipinski definition) is 4. The molecule has 6 heteroatoms. The molecule has 0 aromatic heterocycles. The van der Waals surface area contributed by atoms with E-state index in [2.05, 4.69) is 47.9 Å². The molecular formula is C34H58N4O2. The maximum atomic E-state index is 13.0. The Labute approximate surface area is 245 Å². The summed E-state index contributed by atoms with van der Waals surface area (Å²) in [6, 6.07) is 9.04. The number of carbonyl (C=O) groups excluding carboxylic acids is 2. The molecule has 0 bridgehead atoms. The van der Waals surface area contributed by atoms with Crippen LogP contribution in [0.25, 0.3) is 0 Å². The summed E-state index contributed by atoms with van der Waals surface area (Å²) in [6.45, 7) is 11.9. The molecule has 226 valence electrons. The fraction of sp³-hybridized carbons (Fsp3) is 0.765. The Morgan fingerprint density at radius 2 is 1.07 bits per heavy atom. The third kappa shape index (κ3) is 10.8. The van der Waals surface area contributed by atoms with Gasteiger partial charge in [-0.15, -0.1) is 0 Å². The van der Waals surface area contributed by atoms with Crippen LogP contribution >= 0.6 is 0 Å². The van der Waals surface area contributed by atoms with E-state index in [0.717, 1.165) is 90.9 Å². The quantitative estimate of drug-likeness (QED) is 0.229. The van der Waals surface area contributed by atoms with Crippen molar-refractivity contribution < 1.29 is 9.59 Å². The molecule has 3 rings (SSSR count). The second-order valence-corrected chi connectivity index (χ2v) is 12.6. The first-order chi connectivity index (χ1) is 19.4. The first kappa shape index (κ1) is 32.6. The third-order valence-electron chi connectivity index (χ3n) is 8.99. The van der Waals surface area contributed by atoms with E-state index in [1.807, 2.05) is 23.9 Å². The summed E-state index contributed by atoms with van der Waals surface area (Å²) in [7, 11) is 3.97. The van der Waals surface area contributed by atoms with Crippen LogP contribution in [0.4, 0.5) is 0 Å². The van der Waals surface area contributed by atoms with Crippen LogP contribution in [0.15, 0.2) is 24.3 Å². The summed E-state index contributed by atoms with van der Waals surface area (Å²) < 4.78 is 0. The minimum absolute atomic E-state index is 0.134. The van der Waals surface area contributed by atoms with Crippen LogP contribution in [0.3, 0.4) is 0 Å². The summed E-state index contributed by atoms with van der Waals surface area (Å²) in [5.74, 6) is 0.929. The highest BCUT2D eigenvalue weighted by atomic mass is 16.2. The van der Waals surface area contributed by atoms with Gasteiger partial charge in [0.05, 0.1) is 11.8 Å². The lowest BCUT2D eigenvalue weighted by Gasteiger charge is -2.34. The Bertz CT molecular complexity index is 802. The Kier molecular flexibility index (Phi) is 14.5. The molecule has 2 amide bonds. The van der Waals surface area contributed by atoms with Crippen LogP contribution in [0.5, 0.6) is 0 Å². The van der Waals surface area contributed by atoms with Crippen molar-refractivity contribution in [2.45, 2.75) is 104 Å². The highest BCUT2D eigenvalue weighted by Crippen LogP contribution is 2.23. The van der Waals surface area contributed by atoms with E-state index in [0.29, 0.717) is 11.8 Å². The number of piperidine rings is 2. The van der Waals surface area contributed by atoms with Crippen LogP contribution in [0.1, 0.15) is 102 Å². The van der Waals surface area contributed by atoms with Crippen LogP contribution in [0, 0.1) is 11.8 Å². The molecule has 2 aliphatic heterocycles. The Morgan fingerprint density at radius 3 is 1.45 bits per heavy atom. The van der Waals surface area contributed by atoms with Gasteiger partial charge in [0.2, 0.25) is 11.8 Å². The van der Waals surface area contributed by atoms with Gasteiger partial charge >= 0.3 is 0 Å². The topological polar surface area (TPSA) is 47.1 Å². The van der Waals surface area contributed by atoms with Gasteiger partial charge in [0, 0.05) is 53.4 Å². The van der Waals surface area contributed by atoms with Crippen LogP contribution in [-0.2, 0) is 22.7 Å². The maximum absolute atomic E-state index is 13.0. The second kappa shape index (κ2) is 17.8. The molecule has 0 spiro atoms. The molecule has 0 aliphatic carbocycles. The summed E-state index contributed by atoms with van der Waals surface area (Å²) in [5.41, 5.74) is 2.64. The first-order valence-corrected chi connectivity index (χ1v) is 16.4. The predicted molar refractivity (Wildman–Crippen MR) is 166 cm³/mol. The molecule has 6 nitrogen and oxygen atoms in total. The number of amides is 2. The van der Waals surface area contributed by atoms with Gasteiger partial charge in [-0.3, -0.25) is 19.4 Å². The molecule has 0 radical (unpaired) electrons. The van der Waals surface area contributed by atoms with Crippen molar-refractivity contribution in [1.82, 2.24) is 19.6 Å². The average molecular weight is 555 g/mol. The Morgan fingerprint density at radius 1 is 0.675 bits per heavy atom. The van der Waals surface area contributed by atoms with E-state index < -0.39 is 0 Å². The third-order valence-corrected chi connectivity index (χ3v) is 8.99. The van der Waals surface area contributed by atoms with Gasteiger partial charge < -0.3 is 9.80 Å². The zero-order chi connectivity index (χ0) is 28.7. The van der Waals surface area contributed by atoms with E-state index in [4.69, 9.17) is 0 Å². The number of likely N-dealkylation sites (tertiary alicyclic amines) is 2. The zero-order valence-electron chi connectivity index (χ0n) is 26.2. The fourth-order valence-corrected chi connectivity index (χ4v) is 6.46. The molecule has 2 fully saturated rings. The van der Waals surface area contributed by atoms with Gasteiger partial charge in [-0.05, 0) is 62.7 Å². The van der Waals surface area contributed by atoms with Crippen molar-refractivity contribution in [2.75, 3.05) is 53.4 Å². The van der Waals surface area contributed by atoms with Crippen LogP contribution in [0.2, 0.25) is 0 Å². The number of rotatable bonds is 16. The number of unbranched alkanes of at least 4 members (excludes halogenated alkanes) is 6. The molecule has 2 aliphatic rings. The zero-order valence-corrected chi connectivity index (χ0v) is 26.2. The summed E-state index contributed by atoms with van der Waals surface area (Å²) in [4.78, 5) is 35.0. The van der Waals surface area contributed by atoms with E-state index >= 15 is 0 Å². The predicted octanol–water partition coefficient (Wildman–Crippen LogP) is 6.19. The SMILES string of the molecule is CCCCCCN(C)C(=O)C1CCCN(Cc2ccc(CN3CCCC(C(=O)N(C)CCCCCC)C3)cc2)C1. The minimum Gasteiger partial charge on any atom is -0.345 e. The number of carbonyl (C=O) groups is 2. The molecule has 2 saturated heterocycles. The Hall–Kier alpha value is -1.92. The molecule has 0 N–H and O–H groups in total. The summed E-state index contributed by atoms with van der Waals surface area (Å²) in [5, 5.41) is 0. The molecule has 40 heavy (non-hydrogen) atoms. The molecule has 0 saturated carbocycles. The van der Waals surface area contributed by atoms with Gasteiger partial charge in [-0.2, -0.15) is 0 Å². The van der Waals surface area contributed by atoms with E-state index in [1.165, 1.54) is 49.7 Å². The molecule has 2 unspecified atom stereocenters. The van der Waals surface area contributed by atoms with E-state index in [-0.39, 0.29) is 11.8 Å². The summed E-state index contributed by atoms with van der Waals surface area (Å²) in [6.07, 6.45) is 13.9. The lowest BCUT2D eigenvalue weighted by Crippen LogP contribution is -2.43. The maximum Gasteiger partial charge on any atom is 0.226 e. The second-order valence-electron chi connectivity index (χ2n) is 12.6. The van der Waals surface area contributed by atoms with Crippen molar-refractivity contribution in [3.63, 3.8) is 0 Å². The summed E-state index contributed by atoms with van der Waals surface area (Å²) >= 11 is 0. The van der Waals surface area contributed by atoms with Crippen molar-refractivity contribution in [3.8, 4) is 0 Å². The number of hydrogen-bond donors (Lipinski definition) is 0. The van der Waals surface area contributed by atoms with Gasteiger partial charge in [-0.1, -0.05) is 76.6 Å². The van der Waals surface area contributed by atoms with E-state index in [9.17, 15) is 9.59 Å². The van der Waals surface area contributed by atoms with Gasteiger partial charge in [0.15, 0.2) is 0 Å². The molecule has 2 heterocycles. The lowest BCUT2D eigenvalue weighted by atomic mass is 9.95. The van der Waals surface area contributed by atoms with Crippen LogP contribution < -0.4 is 0 Å². The molecular weight excluding hydrogens is 496 g/mol. The van der Waals surface area contributed by atoms with Gasteiger partial charge in [0.1, 0.15) is 0 Å². The largest absolute Gasteiger partial charge is 0.345 e. The minimum atomic E-state index is 0.134. The highest BCUT2D eigenvalue weighted by molar-refractivity contribution is 5.79. The monoisotopic (exact) mass is 554 g/mol. The fourth-order valence-electron chi connectivity index (χ4n) is 6.46. The van der Waals surface area contributed by atoms with Gasteiger partial charge in [-0.25, -0.2) is 0 Å². The number of nitrogens with zero attached hydrogens (tertiary/aromatic N) is 4. The Balaban J connectivity index is 1.43. The van der Waals surface area contributed by atoms with Crippen molar-refractivity contribution in [2.24, 2.45) is 11.8 Å². The van der Waals surface area contributed by atoms with E-state index in [1.54, 1.807) is 0 Å². The normalized spacial score (nSPS) is 20.4. The highest BCUT2D eigenvalue weighted by Gasteiger charge is 2.29. The number of benzene rings is 1. The van der Waals surface area contributed by atoms with Crippen molar-refractivity contribution in [1.29, 1.82) is 0 Å². The first-order valence-electron chi connectivity index (χ1n) is 16.4. The average Bonchev–Trinajstić information content (AvgIpc) is 2.98. The molecule has 2 atom stereocenters. The smallest absolute Gasteiger partial charge is 0.226 e. The van der Waals surface area contributed by atoms with Crippen LogP contribution in [-0.4, -0.2) is 84.8 Å².